The van der Waals surface area contributed by atoms with Gasteiger partial charge in [0, 0.05) is 32.5 Å². The smallest absolute Gasteiger partial charge is 0.323 e. The number of amides is 2. The largest absolute Gasteiger partial charge is 0.480 e. The third-order valence-corrected chi connectivity index (χ3v) is 4.52. The van der Waals surface area contributed by atoms with E-state index in [9.17, 15) is 14.4 Å². The molecule has 1 aliphatic rings. The van der Waals surface area contributed by atoms with Gasteiger partial charge < -0.3 is 14.9 Å². The average Bonchev–Trinajstić information content (AvgIpc) is 2.68. The lowest BCUT2D eigenvalue weighted by Crippen LogP contribution is -2.43. The van der Waals surface area contributed by atoms with Crippen LogP contribution in [0.3, 0.4) is 0 Å². The molecule has 0 aromatic rings. The molecule has 0 aromatic heterocycles. The summed E-state index contributed by atoms with van der Waals surface area (Å²) in [7, 11) is 0. The van der Waals surface area contributed by atoms with Crippen molar-refractivity contribution in [1.29, 1.82) is 0 Å². The molecule has 1 saturated heterocycles. The number of carbonyl (C=O) groups is 3. The summed E-state index contributed by atoms with van der Waals surface area (Å²) in [5, 5.41) is 8.98. The van der Waals surface area contributed by atoms with Crippen LogP contribution in [0.1, 0.15) is 66.2 Å². The molecule has 0 spiro atoms. The predicted molar refractivity (Wildman–Crippen MR) is 92.5 cm³/mol. The first-order valence-corrected chi connectivity index (χ1v) is 8.87. The molecule has 1 heterocycles. The van der Waals surface area contributed by atoms with E-state index in [0.717, 1.165) is 25.7 Å². The van der Waals surface area contributed by atoms with Crippen molar-refractivity contribution < 1.29 is 19.5 Å². The van der Waals surface area contributed by atoms with E-state index in [0.29, 0.717) is 25.9 Å². The molecule has 1 atom stereocenters. The van der Waals surface area contributed by atoms with E-state index in [1.54, 1.807) is 0 Å². The molecule has 2 amide bonds. The van der Waals surface area contributed by atoms with Gasteiger partial charge in [-0.25, -0.2) is 0 Å². The fourth-order valence-electron chi connectivity index (χ4n) is 3.21. The SMILES string of the molecule is CC(=O)N(CC(=O)O)C1CCCN(C(=O)CCCC(C)(C)C)CC1. The lowest BCUT2D eigenvalue weighted by Gasteiger charge is -2.29. The fourth-order valence-corrected chi connectivity index (χ4v) is 3.21. The summed E-state index contributed by atoms with van der Waals surface area (Å²) in [6, 6.07) is -0.0917. The summed E-state index contributed by atoms with van der Waals surface area (Å²) >= 11 is 0. The monoisotopic (exact) mass is 340 g/mol. The van der Waals surface area contributed by atoms with Gasteiger partial charge in [-0.15, -0.1) is 0 Å². The Bertz CT molecular complexity index is 456. The number of carbonyl (C=O) groups excluding carboxylic acids is 2. The van der Waals surface area contributed by atoms with Crippen LogP contribution in [0, 0.1) is 5.41 Å². The molecule has 1 rings (SSSR count). The summed E-state index contributed by atoms with van der Waals surface area (Å²) in [5.74, 6) is -1.04. The zero-order valence-corrected chi connectivity index (χ0v) is 15.5. The van der Waals surface area contributed by atoms with Gasteiger partial charge in [0.05, 0.1) is 0 Å². The molecule has 0 bridgehead atoms. The van der Waals surface area contributed by atoms with Crippen molar-refractivity contribution in [1.82, 2.24) is 9.80 Å². The minimum atomic E-state index is -0.996. The van der Waals surface area contributed by atoms with Gasteiger partial charge in [-0.2, -0.15) is 0 Å². The molecule has 6 heteroatoms. The van der Waals surface area contributed by atoms with Crippen LogP contribution in [0.15, 0.2) is 0 Å². The van der Waals surface area contributed by atoms with Crippen LogP contribution in [0.5, 0.6) is 0 Å². The van der Waals surface area contributed by atoms with Gasteiger partial charge >= 0.3 is 5.97 Å². The number of nitrogens with zero attached hydrogens (tertiary/aromatic N) is 2. The number of hydrogen-bond acceptors (Lipinski definition) is 3. The quantitative estimate of drug-likeness (QED) is 0.806. The Morgan fingerprint density at radius 2 is 1.83 bits per heavy atom. The molecule has 1 unspecified atom stereocenters. The van der Waals surface area contributed by atoms with Crippen molar-refractivity contribution in [2.45, 2.75) is 72.3 Å². The zero-order chi connectivity index (χ0) is 18.3. The van der Waals surface area contributed by atoms with Crippen molar-refractivity contribution in [2.75, 3.05) is 19.6 Å². The maximum atomic E-state index is 12.4. The standard InChI is InChI=1S/C18H32N2O4/c1-14(21)20(13-17(23)24)15-7-6-11-19(12-9-15)16(22)8-5-10-18(2,3)4/h15H,5-13H2,1-4H3,(H,23,24). The van der Waals surface area contributed by atoms with Crippen molar-refractivity contribution in [3.63, 3.8) is 0 Å². The molecule has 0 aromatic carbocycles. The van der Waals surface area contributed by atoms with Crippen LogP contribution in [0.2, 0.25) is 0 Å². The first kappa shape index (κ1) is 20.5. The van der Waals surface area contributed by atoms with E-state index >= 15 is 0 Å². The minimum absolute atomic E-state index is 0.0917. The third kappa shape index (κ3) is 7.32. The highest BCUT2D eigenvalue weighted by atomic mass is 16.4. The summed E-state index contributed by atoms with van der Waals surface area (Å²) < 4.78 is 0. The Labute approximate surface area is 145 Å². The number of aliphatic carboxylic acids is 1. The predicted octanol–water partition coefficient (Wildman–Crippen LogP) is 2.52. The summed E-state index contributed by atoms with van der Waals surface area (Å²) in [6.45, 7) is 8.96. The van der Waals surface area contributed by atoms with E-state index < -0.39 is 5.97 Å². The molecule has 0 aliphatic carbocycles. The van der Waals surface area contributed by atoms with E-state index in [4.69, 9.17) is 5.11 Å². The van der Waals surface area contributed by atoms with Crippen molar-refractivity contribution in [2.24, 2.45) is 5.41 Å². The highest BCUT2D eigenvalue weighted by Crippen LogP contribution is 2.23. The number of rotatable bonds is 6. The van der Waals surface area contributed by atoms with E-state index in [-0.39, 0.29) is 29.8 Å². The summed E-state index contributed by atoms with van der Waals surface area (Å²) in [6.07, 6.45) is 4.68. The molecular formula is C18H32N2O4. The van der Waals surface area contributed by atoms with E-state index in [2.05, 4.69) is 20.8 Å². The Hall–Kier alpha value is -1.59. The van der Waals surface area contributed by atoms with Crippen molar-refractivity contribution in [3.8, 4) is 0 Å². The van der Waals surface area contributed by atoms with Crippen LogP contribution >= 0.6 is 0 Å². The van der Waals surface area contributed by atoms with Crippen LogP contribution in [0.25, 0.3) is 0 Å². The lowest BCUT2D eigenvalue weighted by atomic mass is 9.90. The Balaban J connectivity index is 2.53. The Morgan fingerprint density at radius 3 is 2.38 bits per heavy atom. The highest BCUT2D eigenvalue weighted by molar-refractivity contribution is 5.80. The fraction of sp³-hybridized carbons (Fsp3) is 0.833. The molecule has 138 valence electrons. The number of hydrogen-bond donors (Lipinski definition) is 1. The van der Waals surface area contributed by atoms with Gasteiger partial charge in [-0.1, -0.05) is 20.8 Å². The third-order valence-electron chi connectivity index (χ3n) is 4.52. The number of carboxylic acids is 1. The maximum Gasteiger partial charge on any atom is 0.323 e. The van der Waals surface area contributed by atoms with Crippen LogP contribution < -0.4 is 0 Å². The van der Waals surface area contributed by atoms with Gasteiger partial charge in [0.1, 0.15) is 6.54 Å². The Kier molecular flexibility index (Phi) is 7.70. The average molecular weight is 340 g/mol. The normalized spacial score (nSPS) is 18.8. The molecule has 1 N–H and O–H groups in total. The topological polar surface area (TPSA) is 77.9 Å². The zero-order valence-electron chi connectivity index (χ0n) is 15.5. The molecule has 0 radical (unpaired) electrons. The summed E-state index contributed by atoms with van der Waals surface area (Å²) in [5.41, 5.74) is 0.239. The highest BCUT2D eigenvalue weighted by Gasteiger charge is 2.27. The van der Waals surface area contributed by atoms with Gasteiger partial charge in [0.15, 0.2) is 0 Å². The second-order valence-electron chi connectivity index (χ2n) is 7.92. The Morgan fingerprint density at radius 1 is 1.17 bits per heavy atom. The van der Waals surface area contributed by atoms with Gasteiger partial charge in [-0.3, -0.25) is 14.4 Å². The molecular weight excluding hydrogens is 308 g/mol. The minimum Gasteiger partial charge on any atom is -0.480 e. The van der Waals surface area contributed by atoms with Crippen molar-refractivity contribution >= 4 is 17.8 Å². The lowest BCUT2D eigenvalue weighted by molar-refractivity contribution is -0.145. The van der Waals surface area contributed by atoms with Crippen LogP contribution in [-0.4, -0.2) is 58.4 Å². The molecule has 1 fully saturated rings. The summed E-state index contributed by atoms with van der Waals surface area (Å²) in [4.78, 5) is 38.4. The molecule has 6 nitrogen and oxygen atoms in total. The van der Waals surface area contributed by atoms with E-state index in [1.807, 2.05) is 4.90 Å². The molecule has 0 saturated carbocycles. The van der Waals surface area contributed by atoms with E-state index in [1.165, 1.54) is 11.8 Å². The first-order chi connectivity index (χ1) is 11.1. The number of carboxylic acid groups (broad SMARTS) is 1. The van der Waals surface area contributed by atoms with Gasteiger partial charge in [0.25, 0.3) is 0 Å². The van der Waals surface area contributed by atoms with Crippen LogP contribution in [0.4, 0.5) is 0 Å². The van der Waals surface area contributed by atoms with Gasteiger partial charge in [-0.05, 0) is 37.5 Å². The number of likely N-dealkylation sites (tertiary alicyclic amines) is 1. The van der Waals surface area contributed by atoms with Crippen LogP contribution in [-0.2, 0) is 14.4 Å². The second-order valence-corrected chi connectivity index (χ2v) is 7.92. The second kappa shape index (κ2) is 9.04. The molecule has 1 aliphatic heterocycles. The maximum absolute atomic E-state index is 12.4. The van der Waals surface area contributed by atoms with Crippen molar-refractivity contribution in [3.05, 3.63) is 0 Å². The molecule has 24 heavy (non-hydrogen) atoms. The van der Waals surface area contributed by atoms with Gasteiger partial charge in [0.2, 0.25) is 11.8 Å². The first-order valence-electron chi connectivity index (χ1n) is 8.87.